The van der Waals surface area contributed by atoms with E-state index in [4.69, 9.17) is 4.74 Å². The Balaban J connectivity index is 1.90. The molecule has 1 aliphatic heterocycles. The van der Waals surface area contributed by atoms with Crippen molar-refractivity contribution in [2.24, 2.45) is 0 Å². The Bertz CT molecular complexity index is 513. The number of hydrogen-bond acceptors (Lipinski definition) is 3. The summed E-state index contributed by atoms with van der Waals surface area (Å²) in [5, 5.41) is 3.37. The van der Waals surface area contributed by atoms with Gasteiger partial charge < -0.3 is 10.1 Å². The van der Waals surface area contributed by atoms with Crippen LogP contribution >= 0.6 is 0 Å². The molecule has 1 aliphatic rings. The molecule has 1 heterocycles. The van der Waals surface area contributed by atoms with Gasteiger partial charge in [-0.1, -0.05) is 0 Å². The molecule has 0 spiro atoms. The molecule has 0 saturated carbocycles. The van der Waals surface area contributed by atoms with Crippen molar-refractivity contribution in [2.45, 2.75) is 38.0 Å². The average molecular weight is 334 g/mol. The van der Waals surface area contributed by atoms with Gasteiger partial charge in [-0.15, -0.1) is 0 Å². The second-order valence-electron chi connectivity index (χ2n) is 5.94. The summed E-state index contributed by atoms with van der Waals surface area (Å²) in [5.41, 5.74) is 0.713. The van der Waals surface area contributed by atoms with Gasteiger partial charge in [-0.25, -0.2) is 4.39 Å². The summed E-state index contributed by atoms with van der Waals surface area (Å²) in [7, 11) is 1.53. The van der Waals surface area contributed by atoms with Crippen LogP contribution in [-0.4, -0.2) is 43.9 Å². The van der Waals surface area contributed by atoms with Crippen LogP contribution in [0.3, 0.4) is 0 Å². The highest BCUT2D eigenvalue weighted by molar-refractivity contribution is 5.36. The Kier molecular flexibility index (Phi) is 5.86. The van der Waals surface area contributed by atoms with E-state index in [0.717, 1.165) is 0 Å². The summed E-state index contributed by atoms with van der Waals surface area (Å²) in [4.78, 5) is 1.42. The number of benzene rings is 1. The predicted octanol–water partition coefficient (Wildman–Crippen LogP) is 3.51. The zero-order valence-corrected chi connectivity index (χ0v) is 13.3. The summed E-state index contributed by atoms with van der Waals surface area (Å²) in [6, 6.07) is 4.32. The van der Waals surface area contributed by atoms with Gasteiger partial charge in [-0.05, 0) is 51.1 Å². The van der Waals surface area contributed by atoms with Gasteiger partial charge in [0.2, 0.25) is 0 Å². The lowest BCUT2D eigenvalue weighted by Gasteiger charge is -2.34. The van der Waals surface area contributed by atoms with E-state index in [-0.39, 0.29) is 17.9 Å². The van der Waals surface area contributed by atoms with Crippen molar-refractivity contribution >= 4 is 0 Å². The van der Waals surface area contributed by atoms with Crippen LogP contribution in [0.25, 0.3) is 0 Å². The molecule has 1 atom stereocenters. The third kappa shape index (κ3) is 5.35. The lowest BCUT2D eigenvalue weighted by molar-refractivity contribution is -0.148. The number of nitrogens with one attached hydrogen (secondary N) is 1. The van der Waals surface area contributed by atoms with Gasteiger partial charge in [0.15, 0.2) is 0 Å². The van der Waals surface area contributed by atoms with Crippen LogP contribution < -0.4 is 10.1 Å². The molecule has 23 heavy (non-hydrogen) atoms. The van der Waals surface area contributed by atoms with E-state index >= 15 is 0 Å². The molecular formula is C16H22F4N2O. The number of halogens is 4. The molecule has 0 amide bonds. The van der Waals surface area contributed by atoms with E-state index in [1.807, 2.05) is 6.92 Å². The highest BCUT2D eigenvalue weighted by Gasteiger charge is 2.32. The first-order chi connectivity index (χ1) is 10.8. The number of rotatable bonds is 5. The summed E-state index contributed by atoms with van der Waals surface area (Å²) in [6.07, 6.45) is -2.88. The molecule has 0 aromatic heterocycles. The minimum atomic E-state index is -4.15. The maximum atomic E-state index is 13.4. The smallest absolute Gasteiger partial charge is 0.401 e. The molecule has 1 N–H and O–H groups in total. The zero-order valence-electron chi connectivity index (χ0n) is 13.3. The summed E-state index contributed by atoms with van der Waals surface area (Å²) in [6.45, 7) is 1.86. The van der Waals surface area contributed by atoms with Gasteiger partial charge >= 0.3 is 6.18 Å². The van der Waals surface area contributed by atoms with Crippen molar-refractivity contribution in [3.05, 3.63) is 29.6 Å². The van der Waals surface area contributed by atoms with E-state index in [2.05, 4.69) is 5.32 Å². The highest BCUT2D eigenvalue weighted by atomic mass is 19.4. The molecule has 1 aromatic carbocycles. The van der Waals surface area contributed by atoms with Crippen molar-refractivity contribution in [2.75, 3.05) is 26.7 Å². The van der Waals surface area contributed by atoms with E-state index in [1.165, 1.54) is 24.1 Å². The number of piperidine rings is 1. The van der Waals surface area contributed by atoms with Crippen molar-refractivity contribution in [1.29, 1.82) is 0 Å². The van der Waals surface area contributed by atoms with Crippen molar-refractivity contribution in [3.63, 3.8) is 0 Å². The monoisotopic (exact) mass is 334 g/mol. The Hall–Kier alpha value is -1.34. The van der Waals surface area contributed by atoms with Gasteiger partial charge in [-0.2, -0.15) is 13.2 Å². The molecule has 1 saturated heterocycles. The molecule has 1 fully saturated rings. The van der Waals surface area contributed by atoms with Crippen LogP contribution in [0.1, 0.15) is 31.4 Å². The van der Waals surface area contributed by atoms with Crippen molar-refractivity contribution in [1.82, 2.24) is 10.2 Å². The molecule has 2 rings (SSSR count). The summed E-state index contributed by atoms with van der Waals surface area (Å²) >= 11 is 0. The molecule has 0 aliphatic carbocycles. The van der Waals surface area contributed by atoms with Crippen LogP contribution in [-0.2, 0) is 0 Å². The third-order valence-electron chi connectivity index (χ3n) is 4.13. The lowest BCUT2D eigenvalue weighted by Crippen LogP contribution is -2.46. The topological polar surface area (TPSA) is 24.5 Å². The van der Waals surface area contributed by atoms with Crippen molar-refractivity contribution < 1.29 is 22.3 Å². The van der Waals surface area contributed by atoms with Gasteiger partial charge in [0, 0.05) is 17.6 Å². The summed E-state index contributed by atoms with van der Waals surface area (Å²) < 4.78 is 55.8. The standard InChI is InChI=1S/C16H22F4N2O/c1-11(14-9-12(17)3-4-15(14)23-2)21-13-5-7-22(8-6-13)10-16(18,19)20/h3-4,9,11,13,21H,5-8,10H2,1-2H3/t11-/m1/s1. The minimum absolute atomic E-state index is 0.113. The number of methoxy groups -OCH3 is 1. The fraction of sp³-hybridized carbons (Fsp3) is 0.625. The second-order valence-corrected chi connectivity index (χ2v) is 5.94. The number of likely N-dealkylation sites (tertiary alicyclic amines) is 1. The fourth-order valence-electron chi connectivity index (χ4n) is 3.00. The Morgan fingerprint density at radius 1 is 1.30 bits per heavy atom. The first kappa shape index (κ1) is 18.0. The molecule has 7 heteroatoms. The Morgan fingerprint density at radius 2 is 1.96 bits per heavy atom. The van der Waals surface area contributed by atoms with E-state index < -0.39 is 12.7 Å². The second kappa shape index (κ2) is 7.49. The molecule has 1 aromatic rings. The quantitative estimate of drug-likeness (QED) is 0.834. The van der Waals surface area contributed by atoms with Crippen LogP contribution in [0.4, 0.5) is 17.6 Å². The fourth-order valence-corrected chi connectivity index (χ4v) is 3.00. The number of nitrogens with zero attached hydrogens (tertiary/aromatic N) is 1. The van der Waals surface area contributed by atoms with Gasteiger partial charge in [-0.3, -0.25) is 4.90 Å². The number of alkyl halides is 3. The minimum Gasteiger partial charge on any atom is -0.496 e. The third-order valence-corrected chi connectivity index (χ3v) is 4.13. The summed E-state index contributed by atoms with van der Waals surface area (Å²) in [5.74, 6) is 0.260. The predicted molar refractivity (Wildman–Crippen MR) is 80.0 cm³/mol. The highest BCUT2D eigenvalue weighted by Crippen LogP contribution is 2.27. The Labute approximate surface area is 133 Å². The lowest BCUT2D eigenvalue weighted by atomic mass is 10.0. The number of hydrogen-bond donors (Lipinski definition) is 1. The molecule has 0 unspecified atom stereocenters. The first-order valence-electron chi connectivity index (χ1n) is 7.67. The Morgan fingerprint density at radius 3 is 2.52 bits per heavy atom. The molecule has 130 valence electrons. The van der Waals surface area contributed by atoms with Crippen LogP contribution in [0.2, 0.25) is 0 Å². The zero-order chi connectivity index (χ0) is 17.0. The van der Waals surface area contributed by atoms with Crippen LogP contribution in [0, 0.1) is 5.82 Å². The molecule has 3 nitrogen and oxygen atoms in total. The van der Waals surface area contributed by atoms with E-state index in [0.29, 0.717) is 37.2 Å². The molecule has 0 radical (unpaired) electrons. The molecular weight excluding hydrogens is 312 g/mol. The normalized spacial score (nSPS) is 18.9. The van der Waals surface area contributed by atoms with E-state index in [9.17, 15) is 17.6 Å². The van der Waals surface area contributed by atoms with Crippen LogP contribution in [0.15, 0.2) is 18.2 Å². The van der Waals surface area contributed by atoms with Gasteiger partial charge in [0.05, 0.1) is 13.7 Å². The average Bonchev–Trinajstić information content (AvgIpc) is 2.47. The maximum Gasteiger partial charge on any atom is 0.401 e. The first-order valence-corrected chi connectivity index (χ1v) is 7.67. The maximum absolute atomic E-state index is 13.4. The SMILES string of the molecule is COc1ccc(F)cc1[C@@H](C)NC1CCN(CC(F)(F)F)CC1. The van der Waals surface area contributed by atoms with Gasteiger partial charge in [0.1, 0.15) is 11.6 Å². The van der Waals surface area contributed by atoms with Crippen LogP contribution in [0.5, 0.6) is 5.75 Å². The van der Waals surface area contributed by atoms with E-state index in [1.54, 1.807) is 6.07 Å². The molecule has 0 bridgehead atoms. The largest absolute Gasteiger partial charge is 0.496 e. The van der Waals surface area contributed by atoms with Gasteiger partial charge in [0.25, 0.3) is 0 Å². The van der Waals surface area contributed by atoms with Crippen molar-refractivity contribution in [3.8, 4) is 5.75 Å². The number of ether oxygens (including phenoxy) is 1.